The fourth-order valence-corrected chi connectivity index (χ4v) is 3.04. The van der Waals surface area contributed by atoms with E-state index in [-0.39, 0.29) is 17.8 Å². The van der Waals surface area contributed by atoms with Gasteiger partial charge in [0.05, 0.1) is 6.61 Å². The third kappa shape index (κ3) is 7.68. The molecule has 170 valence electrons. The summed E-state index contributed by atoms with van der Waals surface area (Å²) in [5, 5.41) is 0. The van der Waals surface area contributed by atoms with Gasteiger partial charge < -0.3 is 23.7 Å². The number of amides is 1. The zero-order valence-corrected chi connectivity index (χ0v) is 19.3. The van der Waals surface area contributed by atoms with Crippen LogP contribution in [0.1, 0.15) is 33.3 Å². The number of carbonyl (C=O) groups excluding carboxylic acids is 2. The first-order valence-corrected chi connectivity index (χ1v) is 10.8. The average Bonchev–Trinajstić information content (AvgIpc) is 3.00. The lowest BCUT2D eigenvalue weighted by molar-refractivity contribution is -0.156. The molecule has 11 heteroatoms. The molecule has 0 aliphatic rings. The van der Waals surface area contributed by atoms with Gasteiger partial charge in [-0.05, 0) is 45.4 Å². The van der Waals surface area contributed by atoms with Crippen LogP contribution in [-0.2, 0) is 16.0 Å². The number of esters is 1. The first kappa shape index (κ1) is 24.4. The number of hydrogen-bond donors (Lipinski definition) is 1. The Labute approximate surface area is 184 Å². The molecular weight excluding hydrogens is 424 g/mol. The molecule has 0 aliphatic heterocycles. The fourth-order valence-electron chi connectivity index (χ4n) is 2.40. The molecule has 0 radical (unpaired) electrons. The van der Waals surface area contributed by atoms with Crippen LogP contribution >= 0.6 is 11.1 Å². The van der Waals surface area contributed by atoms with Gasteiger partial charge in [-0.1, -0.05) is 12.1 Å². The standard InChI is InChI=1S/C20H28N4O6S/c1-7-28-17-16(22-31(27)23-17)21-15(18(25)30-20(2,3)4)12-13-8-10-14(11-9-13)29-19(26)24(5)6/h8-11,15H,7,12H2,1-6H3,(H,21,22)/t15-,31?/m0/s1. The van der Waals surface area contributed by atoms with E-state index in [2.05, 4.69) is 13.7 Å². The van der Waals surface area contributed by atoms with Crippen molar-refractivity contribution in [3.05, 3.63) is 35.3 Å². The summed E-state index contributed by atoms with van der Waals surface area (Å²) < 4.78 is 34.2. The number of benzene rings is 1. The first-order chi connectivity index (χ1) is 14.5. The lowest BCUT2D eigenvalue weighted by Crippen LogP contribution is -2.33. The third-order valence-corrected chi connectivity index (χ3v) is 4.42. The Hall–Kier alpha value is -2.92. The molecule has 0 saturated carbocycles. The van der Waals surface area contributed by atoms with E-state index in [0.717, 1.165) is 5.56 Å². The van der Waals surface area contributed by atoms with Crippen LogP contribution in [0.15, 0.2) is 29.3 Å². The number of ether oxygens (including phenoxy) is 3. The van der Waals surface area contributed by atoms with Crippen molar-refractivity contribution in [1.29, 1.82) is 0 Å². The van der Waals surface area contributed by atoms with E-state index < -0.39 is 34.8 Å². The minimum absolute atomic E-state index is 0.0836. The number of aromatic nitrogens is 2. The number of carbonyl (C=O) groups is 2. The molecule has 0 bridgehead atoms. The Bertz CT molecular complexity index is 959. The Morgan fingerprint density at radius 2 is 1.90 bits per heavy atom. The van der Waals surface area contributed by atoms with Crippen LogP contribution in [0.25, 0.3) is 0 Å². The molecule has 1 unspecified atom stereocenters. The quantitative estimate of drug-likeness (QED) is 0.504. The number of aromatic amines is 1. The van der Waals surface area contributed by atoms with Gasteiger partial charge in [0.15, 0.2) is 17.2 Å². The first-order valence-electron chi connectivity index (χ1n) is 9.67. The normalized spacial score (nSPS) is 13.5. The largest absolute Gasteiger partial charge is 0.548 e. The van der Waals surface area contributed by atoms with Crippen LogP contribution in [0.4, 0.5) is 4.79 Å². The lowest BCUT2D eigenvalue weighted by atomic mass is 10.1. The molecule has 1 N–H and O–H groups in total. The highest BCUT2D eigenvalue weighted by Crippen LogP contribution is 2.18. The highest BCUT2D eigenvalue weighted by Gasteiger charge is 2.26. The highest BCUT2D eigenvalue weighted by molar-refractivity contribution is 7.13. The van der Waals surface area contributed by atoms with E-state index in [9.17, 15) is 14.1 Å². The van der Waals surface area contributed by atoms with Crippen molar-refractivity contribution in [3.63, 3.8) is 0 Å². The van der Waals surface area contributed by atoms with Gasteiger partial charge in [-0.25, -0.2) is 14.6 Å². The van der Waals surface area contributed by atoms with Crippen molar-refractivity contribution in [3.8, 4) is 11.6 Å². The Morgan fingerprint density at radius 1 is 1.26 bits per heavy atom. The van der Waals surface area contributed by atoms with Crippen molar-refractivity contribution in [1.82, 2.24) is 13.6 Å². The van der Waals surface area contributed by atoms with Crippen molar-refractivity contribution < 1.29 is 28.4 Å². The molecule has 0 spiro atoms. The van der Waals surface area contributed by atoms with Gasteiger partial charge in [-0.2, -0.15) is 0 Å². The summed E-state index contributed by atoms with van der Waals surface area (Å²) in [7, 11) is 3.18. The molecule has 2 rings (SSSR count). The average molecular weight is 453 g/mol. The summed E-state index contributed by atoms with van der Waals surface area (Å²) in [6.45, 7) is 7.36. The molecule has 0 fully saturated rings. The van der Waals surface area contributed by atoms with E-state index in [1.54, 1.807) is 66.1 Å². The van der Waals surface area contributed by atoms with Gasteiger partial charge in [0.1, 0.15) is 11.4 Å². The SMILES string of the molecule is CCOc1n[s+]([O-])[nH]c1=N[C@@H](Cc1ccc(OC(=O)N(C)C)cc1)C(=O)OC(C)(C)C. The predicted octanol–water partition coefficient (Wildman–Crippen LogP) is 2.45. The maximum atomic E-state index is 12.8. The third-order valence-electron chi connectivity index (χ3n) is 3.72. The van der Waals surface area contributed by atoms with E-state index in [4.69, 9.17) is 14.2 Å². The topological polar surface area (TPSA) is 129 Å². The zero-order chi connectivity index (χ0) is 23.2. The second-order valence-electron chi connectivity index (χ2n) is 7.82. The Kier molecular flexibility index (Phi) is 8.17. The van der Waals surface area contributed by atoms with E-state index in [0.29, 0.717) is 12.4 Å². The van der Waals surface area contributed by atoms with E-state index in [1.807, 2.05) is 0 Å². The maximum absolute atomic E-state index is 12.8. The van der Waals surface area contributed by atoms with Crippen molar-refractivity contribution in [2.24, 2.45) is 4.99 Å². The van der Waals surface area contributed by atoms with Gasteiger partial charge in [-0.3, -0.25) is 0 Å². The van der Waals surface area contributed by atoms with Crippen molar-refractivity contribution in [2.75, 3.05) is 20.7 Å². The molecule has 0 aliphatic carbocycles. The molecule has 31 heavy (non-hydrogen) atoms. The summed E-state index contributed by atoms with van der Waals surface area (Å²) >= 11 is -1.71. The van der Waals surface area contributed by atoms with Gasteiger partial charge in [-0.15, -0.1) is 4.37 Å². The zero-order valence-electron chi connectivity index (χ0n) is 18.5. The Morgan fingerprint density at radius 3 is 2.45 bits per heavy atom. The molecule has 1 aromatic carbocycles. The second kappa shape index (κ2) is 10.4. The number of nitrogens with one attached hydrogen (secondary N) is 1. The maximum Gasteiger partial charge on any atom is 0.414 e. The molecule has 2 atom stereocenters. The number of H-pyrrole nitrogens is 1. The van der Waals surface area contributed by atoms with Gasteiger partial charge >= 0.3 is 17.9 Å². The number of nitrogens with zero attached hydrogens (tertiary/aromatic N) is 3. The minimum atomic E-state index is -1.71. The summed E-state index contributed by atoms with van der Waals surface area (Å²) in [6.07, 6.45) is -0.289. The van der Waals surface area contributed by atoms with Crippen LogP contribution in [0.5, 0.6) is 11.6 Å². The van der Waals surface area contributed by atoms with E-state index in [1.165, 1.54) is 4.90 Å². The number of rotatable bonds is 7. The summed E-state index contributed by atoms with van der Waals surface area (Å²) in [6, 6.07) is 5.79. The predicted molar refractivity (Wildman–Crippen MR) is 113 cm³/mol. The highest BCUT2D eigenvalue weighted by atomic mass is 32.2. The molecule has 1 amide bonds. The van der Waals surface area contributed by atoms with Crippen LogP contribution in [0.2, 0.25) is 0 Å². The molecule has 1 aromatic heterocycles. The van der Waals surface area contributed by atoms with Crippen molar-refractivity contribution >= 4 is 23.2 Å². The summed E-state index contributed by atoms with van der Waals surface area (Å²) in [4.78, 5) is 30.2. The van der Waals surface area contributed by atoms with Crippen LogP contribution in [0.3, 0.4) is 0 Å². The van der Waals surface area contributed by atoms with Gasteiger partial charge in [0, 0.05) is 24.9 Å². The second-order valence-corrected chi connectivity index (χ2v) is 8.70. The molecule has 1 heterocycles. The minimum Gasteiger partial charge on any atom is -0.548 e. The summed E-state index contributed by atoms with van der Waals surface area (Å²) in [5.74, 6) is -0.0833. The van der Waals surface area contributed by atoms with E-state index >= 15 is 0 Å². The van der Waals surface area contributed by atoms with Gasteiger partial charge in [0.25, 0.3) is 0 Å². The fraction of sp³-hybridized carbons (Fsp3) is 0.500. The van der Waals surface area contributed by atoms with Crippen LogP contribution < -0.4 is 15.0 Å². The monoisotopic (exact) mass is 452 g/mol. The Balaban J connectivity index is 2.30. The molecule has 2 aromatic rings. The summed E-state index contributed by atoms with van der Waals surface area (Å²) in [5.41, 5.74) is 0.189. The van der Waals surface area contributed by atoms with Crippen molar-refractivity contribution in [2.45, 2.75) is 45.8 Å². The van der Waals surface area contributed by atoms with Crippen LogP contribution in [0, 0.1) is 0 Å². The molecule has 0 saturated heterocycles. The van der Waals surface area contributed by atoms with Gasteiger partial charge in [0.2, 0.25) is 5.49 Å². The molecular formula is C20H28N4O6S. The smallest absolute Gasteiger partial charge is 0.414 e. The lowest BCUT2D eigenvalue weighted by Gasteiger charge is -2.22. The molecule has 10 nitrogen and oxygen atoms in total. The number of hydrogen-bond acceptors (Lipinski definition) is 8. The van der Waals surface area contributed by atoms with Crippen LogP contribution in [-0.4, -0.2) is 62.6 Å².